The van der Waals surface area contributed by atoms with Gasteiger partial charge in [0.2, 0.25) is 10.0 Å². The number of amides is 1. The zero-order valence-corrected chi connectivity index (χ0v) is 20.0. The predicted molar refractivity (Wildman–Crippen MR) is 129 cm³/mol. The van der Waals surface area contributed by atoms with Gasteiger partial charge in [-0.1, -0.05) is 18.2 Å². The topological polar surface area (TPSA) is 83.8 Å². The van der Waals surface area contributed by atoms with Crippen LogP contribution in [0.3, 0.4) is 0 Å². The molecule has 0 radical (unpaired) electrons. The van der Waals surface area contributed by atoms with Crippen molar-refractivity contribution in [3.63, 3.8) is 0 Å². The maximum atomic E-state index is 12.4. The second-order valence-electron chi connectivity index (χ2n) is 7.88. The van der Waals surface area contributed by atoms with E-state index in [9.17, 15) is 13.2 Å². The van der Waals surface area contributed by atoms with Crippen molar-refractivity contribution < 1.29 is 13.2 Å². The predicted octanol–water partition coefficient (Wildman–Crippen LogP) is 3.87. The molecule has 3 rings (SSSR count). The van der Waals surface area contributed by atoms with Gasteiger partial charge in [-0.3, -0.25) is 9.10 Å². The van der Waals surface area contributed by atoms with Gasteiger partial charge in [0.05, 0.1) is 23.8 Å². The van der Waals surface area contributed by atoms with Crippen LogP contribution in [0.25, 0.3) is 5.69 Å². The van der Waals surface area contributed by atoms with Crippen LogP contribution in [0, 0.1) is 27.7 Å². The van der Waals surface area contributed by atoms with Crippen molar-refractivity contribution >= 4 is 27.8 Å². The molecular weight excluding hydrogens is 424 g/mol. The molecule has 0 aliphatic carbocycles. The normalized spacial score (nSPS) is 11.7. The third-order valence-electron chi connectivity index (χ3n) is 5.49. The fourth-order valence-electron chi connectivity index (χ4n) is 3.66. The van der Waals surface area contributed by atoms with Gasteiger partial charge in [-0.05, 0) is 69.2 Å². The SMILES string of the molecule is Cc1cccc(C)c1-n1c(C)cc(/C=N\NC(=O)c2ccc(N(C)S(C)(=O)=O)cc2)c1C. The number of carbonyl (C=O) groups excluding carboxylic acids is 1. The Morgan fingerprint density at radius 2 is 1.62 bits per heavy atom. The highest BCUT2D eigenvalue weighted by Crippen LogP contribution is 2.25. The number of nitrogens with one attached hydrogen (secondary N) is 1. The number of sulfonamides is 1. The highest BCUT2D eigenvalue weighted by Gasteiger charge is 2.14. The summed E-state index contributed by atoms with van der Waals surface area (Å²) in [5.74, 6) is -0.377. The summed E-state index contributed by atoms with van der Waals surface area (Å²) in [6.07, 6.45) is 2.76. The van der Waals surface area contributed by atoms with Crippen LogP contribution in [-0.2, 0) is 10.0 Å². The lowest BCUT2D eigenvalue weighted by Crippen LogP contribution is -2.25. The van der Waals surface area contributed by atoms with Crippen molar-refractivity contribution in [2.45, 2.75) is 27.7 Å². The minimum atomic E-state index is -3.36. The van der Waals surface area contributed by atoms with Crippen molar-refractivity contribution in [1.82, 2.24) is 9.99 Å². The standard InChI is InChI=1S/C24H28N4O3S/c1-16-8-7-9-17(2)23(16)28-18(3)14-21(19(28)4)15-25-26-24(29)20-10-12-22(13-11-20)27(5)32(6,30)31/h7-15H,1-6H3,(H,26,29)/b25-15-. The summed E-state index contributed by atoms with van der Waals surface area (Å²) in [5, 5.41) is 4.12. The molecule has 8 heteroatoms. The van der Waals surface area contributed by atoms with Crippen molar-refractivity contribution in [3.05, 3.63) is 82.2 Å². The van der Waals surface area contributed by atoms with Crippen molar-refractivity contribution in [1.29, 1.82) is 0 Å². The Morgan fingerprint density at radius 3 is 2.19 bits per heavy atom. The molecule has 1 amide bonds. The second-order valence-corrected chi connectivity index (χ2v) is 9.89. The molecule has 7 nitrogen and oxygen atoms in total. The molecule has 1 heterocycles. The molecular formula is C24H28N4O3S. The van der Waals surface area contributed by atoms with E-state index in [1.54, 1.807) is 30.5 Å². The lowest BCUT2D eigenvalue weighted by molar-refractivity contribution is 0.0955. The lowest BCUT2D eigenvalue weighted by Gasteiger charge is -2.16. The summed E-state index contributed by atoms with van der Waals surface area (Å²) in [4.78, 5) is 12.4. The number of aryl methyl sites for hydroxylation is 3. The number of hydrazone groups is 1. The van der Waals surface area contributed by atoms with E-state index in [0.29, 0.717) is 11.3 Å². The average molecular weight is 453 g/mol. The van der Waals surface area contributed by atoms with Crippen LogP contribution >= 0.6 is 0 Å². The number of nitrogens with zero attached hydrogens (tertiary/aromatic N) is 3. The quantitative estimate of drug-likeness (QED) is 0.455. The summed E-state index contributed by atoms with van der Waals surface area (Å²) in [6.45, 7) is 8.26. The summed E-state index contributed by atoms with van der Waals surface area (Å²) >= 11 is 0. The smallest absolute Gasteiger partial charge is 0.271 e. The Labute approximate surface area is 189 Å². The molecule has 32 heavy (non-hydrogen) atoms. The number of hydrogen-bond donors (Lipinski definition) is 1. The second kappa shape index (κ2) is 9.00. The summed E-state index contributed by atoms with van der Waals surface area (Å²) in [7, 11) is -1.90. The summed E-state index contributed by atoms with van der Waals surface area (Å²) < 4.78 is 26.6. The molecule has 1 N–H and O–H groups in total. The number of carbonyl (C=O) groups is 1. The number of aromatic nitrogens is 1. The summed E-state index contributed by atoms with van der Waals surface area (Å²) in [6, 6.07) is 14.6. The zero-order valence-electron chi connectivity index (χ0n) is 19.2. The van der Waals surface area contributed by atoms with Gasteiger partial charge in [0.25, 0.3) is 5.91 Å². The lowest BCUT2D eigenvalue weighted by atomic mass is 10.1. The molecule has 2 aromatic carbocycles. The third-order valence-corrected chi connectivity index (χ3v) is 6.70. The number of rotatable bonds is 6. The Bertz CT molecular complexity index is 1270. The molecule has 0 saturated carbocycles. The molecule has 0 atom stereocenters. The Morgan fingerprint density at radius 1 is 1.03 bits per heavy atom. The summed E-state index contributed by atoms with van der Waals surface area (Å²) in [5.41, 5.74) is 9.96. The minimum Gasteiger partial charge on any atom is -0.317 e. The average Bonchev–Trinajstić information content (AvgIpc) is 3.00. The maximum absolute atomic E-state index is 12.4. The number of anilines is 1. The van der Waals surface area contributed by atoms with Crippen LogP contribution in [0.5, 0.6) is 0 Å². The fourth-order valence-corrected chi connectivity index (χ4v) is 4.16. The highest BCUT2D eigenvalue weighted by molar-refractivity contribution is 7.92. The van der Waals surface area contributed by atoms with Crippen LogP contribution < -0.4 is 9.73 Å². The molecule has 1 aromatic heterocycles. The Balaban J connectivity index is 1.76. The monoisotopic (exact) mass is 452 g/mol. The van der Waals surface area contributed by atoms with E-state index in [-0.39, 0.29) is 5.91 Å². The molecule has 3 aromatic rings. The number of benzene rings is 2. The molecule has 0 bridgehead atoms. The van der Waals surface area contributed by atoms with Crippen LogP contribution in [0.15, 0.2) is 53.6 Å². The molecule has 0 unspecified atom stereocenters. The van der Waals surface area contributed by atoms with Crippen LogP contribution in [0.4, 0.5) is 5.69 Å². The van der Waals surface area contributed by atoms with Gasteiger partial charge in [0.15, 0.2) is 0 Å². The van der Waals surface area contributed by atoms with Crippen molar-refractivity contribution in [2.24, 2.45) is 5.10 Å². The number of hydrogen-bond acceptors (Lipinski definition) is 4. The van der Waals surface area contributed by atoms with Crippen LogP contribution in [-0.4, -0.2) is 38.4 Å². The highest BCUT2D eigenvalue weighted by atomic mass is 32.2. The molecule has 0 fully saturated rings. The molecule has 0 aliphatic rings. The fraction of sp³-hybridized carbons (Fsp3) is 0.250. The van der Waals surface area contributed by atoms with Gasteiger partial charge < -0.3 is 4.57 Å². The zero-order chi connectivity index (χ0) is 23.6. The van der Waals surface area contributed by atoms with E-state index in [1.165, 1.54) is 18.2 Å². The van der Waals surface area contributed by atoms with E-state index in [1.807, 2.05) is 26.0 Å². The molecule has 168 valence electrons. The van der Waals surface area contributed by atoms with Crippen LogP contribution in [0.2, 0.25) is 0 Å². The van der Waals surface area contributed by atoms with E-state index in [4.69, 9.17) is 0 Å². The molecule has 0 aliphatic heterocycles. The molecule has 0 saturated heterocycles. The largest absolute Gasteiger partial charge is 0.317 e. The van der Waals surface area contributed by atoms with Crippen LogP contribution in [0.1, 0.15) is 38.4 Å². The van der Waals surface area contributed by atoms with Gasteiger partial charge in [-0.25, -0.2) is 13.8 Å². The van der Waals surface area contributed by atoms with Gasteiger partial charge >= 0.3 is 0 Å². The third kappa shape index (κ3) is 4.75. The van der Waals surface area contributed by atoms with E-state index in [2.05, 4.69) is 41.1 Å². The number of para-hydroxylation sites is 1. The minimum absolute atomic E-state index is 0.377. The van der Waals surface area contributed by atoms with E-state index in [0.717, 1.165) is 33.2 Å². The van der Waals surface area contributed by atoms with Gasteiger partial charge in [-0.15, -0.1) is 0 Å². The first-order chi connectivity index (χ1) is 15.0. The van der Waals surface area contributed by atoms with E-state index < -0.39 is 10.0 Å². The first-order valence-electron chi connectivity index (χ1n) is 10.1. The van der Waals surface area contributed by atoms with Crippen molar-refractivity contribution in [3.8, 4) is 5.69 Å². The van der Waals surface area contributed by atoms with Gasteiger partial charge in [0, 0.05) is 29.6 Å². The first kappa shape index (κ1) is 23.3. The Kier molecular flexibility index (Phi) is 6.55. The Hall–Kier alpha value is -3.39. The maximum Gasteiger partial charge on any atom is 0.271 e. The van der Waals surface area contributed by atoms with Crippen molar-refractivity contribution in [2.75, 3.05) is 17.6 Å². The van der Waals surface area contributed by atoms with Gasteiger partial charge in [-0.2, -0.15) is 5.10 Å². The molecule has 0 spiro atoms. The van der Waals surface area contributed by atoms with Gasteiger partial charge in [0.1, 0.15) is 0 Å². The van der Waals surface area contributed by atoms with E-state index >= 15 is 0 Å². The first-order valence-corrected chi connectivity index (χ1v) is 12.0.